The lowest BCUT2D eigenvalue weighted by Gasteiger charge is -2.03. The van der Waals surface area contributed by atoms with Crippen molar-refractivity contribution in [3.8, 4) is 0 Å². The second kappa shape index (κ2) is 14.9. The number of hydrogen-bond acceptors (Lipinski definition) is 2. The van der Waals surface area contributed by atoms with Crippen molar-refractivity contribution in [3.05, 3.63) is 19.1 Å². The Kier molecular flexibility index (Phi) is 14.6. The topological polar surface area (TPSA) is 46.2 Å². The van der Waals surface area contributed by atoms with Crippen LogP contribution in [0.3, 0.4) is 0 Å². The van der Waals surface area contributed by atoms with Gasteiger partial charge in [-0.25, -0.2) is 0 Å². The minimum Gasteiger partial charge on any atom is -0.383 e. The van der Waals surface area contributed by atoms with E-state index in [1.807, 2.05) is 6.08 Å². The van der Waals surface area contributed by atoms with Gasteiger partial charge in [-0.05, 0) is 12.8 Å². The van der Waals surface area contributed by atoms with Crippen LogP contribution in [-0.2, 0) is 0 Å². The molecule has 3 N–H and O–H groups in total. The molecule has 2 heteroatoms. The van der Waals surface area contributed by atoms with Gasteiger partial charge in [-0.15, -0.1) is 0 Å². The largest absolute Gasteiger partial charge is 0.383 e. The number of unbranched alkanes of at least 4 members (excludes halogenated alkanes) is 11. The van der Waals surface area contributed by atoms with Gasteiger partial charge < -0.3 is 5.11 Å². The molecule has 0 aliphatic carbocycles. The second-order valence-electron chi connectivity index (χ2n) is 5.91. The molecule has 0 fully saturated rings. The summed E-state index contributed by atoms with van der Waals surface area (Å²) in [7, 11) is 0. The van der Waals surface area contributed by atoms with Crippen LogP contribution in [0.5, 0.6) is 0 Å². The first kappa shape index (κ1) is 19.5. The zero-order valence-electron chi connectivity index (χ0n) is 13.5. The molecular weight excluding hydrogens is 246 g/mol. The first-order valence-corrected chi connectivity index (χ1v) is 8.62. The third-order valence-electron chi connectivity index (χ3n) is 3.75. The van der Waals surface area contributed by atoms with E-state index in [9.17, 15) is 5.11 Å². The fourth-order valence-electron chi connectivity index (χ4n) is 2.30. The summed E-state index contributed by atoms with van der Waals surface area (Å²) in [5.41, 5.74) is 5.47. The molecule has 0 aromatic heterocycles. The maximum atomic E-state index is 9.43. The zero-order valence-corrected chi connectivity index (χ0v) is 13.5. The fourth-order valence-corrected chi connectivity index (χ4v) is 2.30. The Balaban J connectivity index is 3.13. The molecule has 2 atom stereocenters. The molecule has 2 nitrogen and oxygen atoms in total. The van der Waals surface area contributed by atoms with Gasteiger partial charge in [0.1, 0.15) is 6.10 Å². The number of aliphatic hydroxyl groups excluding tert-OH is 1. The Morgan fingerprint density at radius 2 is 1.35 bits per heavy atom. The maximum absolute atomic E-state index is 9.43. The molecule has 0 unspecified atom stereocenters. The van der Waals surface area contributed by atoms with Crippen LogP contribution in [0.2, 0.25) is 0 Å². The molecule has 20 heavy (non-hydrogen) atoms. The van der Waals surface area contributed by atoms with Crippen LogP contribution in [0.1, 0.15) is 84.0 Å². The summed E-state index contributed by atoms with van der Waals surface area (Å²) in [4.78, 5) is 0. The number of allylic oxidation sites excluding steroid dienone is 1. The molecular formula is C18H36NO+. The SMILES string of the molecule is [CH2+][C@H](N)[C@H](O)/C=C/CCCCCCCCCCCCC. The van der Waals surface area contributed by atoms with Crippen LogP contribution in [-0.4, -0.2) is 17.3 Å². The van der Waals surface area contributed by atoms with Gasteiger partial charge in [0.25, 0.3) is 0 Å². The van der Waals surface area contributed by atoms with E-state index >= 15 is 0 Å². The molecule has 0 amide bonds. The van der Waals surface area contributed by atoms with E-state index in [0.717, 1.165) is 6.42 Å². The molecule has 0 aliphatic rings. The Labute approximate surface area is 126 Å². The number of aliphatic hydroxyl groups is 1. The first-order chi connectivity index (χ1) is 9.68. The van der Waals surface area contributed by atoms with Crippen LogP contribution >= 0.6 is 0 Å². The van der Waals surface area contributed by atoms with E-state index in [4.69, 9.17) is 5.73 Å². The van der Waals surface area contributed by atoms with Crippen molar-refractivity contribution in [3.63, 3.8) is 0 Å². The second-order valence-corrected chi connectivity index (χ2v) is 5.91. The van der Waals surface area contributed by atoms with Crippen LogP contribution in [0, 0.1) is 6.92 Å². The Bertz CT molecular complexity index is 213. The summed E-state index contributed by atoms with van der Waals surface area (Å²) in [5, 5.41) is 9.43. The van der Waals surface area contributed by atoms with Crippen LogP contribution < -0.4 is 5.73 Å². The molecule has 0 heterocycles. The molecule has 0 aromatic carbocycles. The summed E-state index contributed by atoms with van der Waals surface area (Å²) >= 11 is 0. The highest BCUT2D eigenvalue weighted by Gasteiger charge is 2.09. The van der Waals surface area contributed by atoms with Crippen molar-refractivity contribution in [2.24, 2.45) is 5.73 Å². The van der Waals surface area contributed by atoms with Gasteiger partial charge in [0, 0.05) is 0 Å². The summed E-state index contributed by atoms with van der Waals surface area (Å²) < 4.78 is 0. The number of rotatable bonds is 14. The number of nitrogens with two attached hydrogens (primary N) is 1. The fraction of sp³-hybridized carbons (Fsp3) is 0.833. The van der Waals surface area contributed by atoms with Crippen molar-refractivity contribution in [1.82, 2.24) is 0 Å². The van der Waals surface area contributed by atoms with Gasteiger partial charge in [-0.3, -0.25) is 5.73 Å². The molecule has 118 valence electrons. The van der Waals surface area contributed by atoms with E-state index in [1.54, 1.807) is 6.08 Å². The first-order valence-electron chi connectivity index (χ1n) is 8.62. The third-order valence-corrected chi connectivity index (χ3v) is 3.75. The highest BCUT2D eigenvalue weighted by molar-refractivity contribution is 4.94. The van der Waals surface area contributed by atoms with Gasteiger partial charge >= 0.3 is 0 Å². The highest BCUT2D eigenvalue weighted by Crippen LogP contribution is 2.12. The minimum atomic E-state index is -0.595. The van der Waals surface area contributed by atoms with Crippen LogP contribution in [0.15, 0.2) is 12.2 Å². The molecule has 0 radical (unpaired) electrons. The van der Waals surface area contributed by atoms with Crippen molar-refractivity contribution in [2.75, 3.05) is 0 Å². The molecule has 0 saturated carbocycles. The number of hydrogen-bond donors (Lipinski definition) is 2. The van der Waals surface area contributed by atoms with E-state index in [1.165, 1.54) is 70.6 Å². The average Bonchev–Trinajstić information content (AvgIpc) is 2.43. The standard InChI is InChI=1S/C18H36NO/c1-3-4-5-6-7-8-9-10-11-12-13-14-15-16-18(20)17(2)19/h15-18,20H,2-14,19H2,1H3/q+1/b16-15+/t17-,18+/m0/s1. The Hall–Kier alpha value is -0.470. The van der Waals surface area contributed by atoms with Crippen molar-refractivity contribution < 1.29 is 5.11 Å². The lowest BCUT2D eigenvalue weighted by molar-refractivity contribution is 0.207. The van der Waals surface area contributed by atoms with Gasteiger partial charge in [0.2, 0.25) is 0 Å². The normalized spacial score (nSPS) is 14.8. The van der Waals surface area contributed by atoms with Crippen LogP contribution in [0.4, 0.5) is 0 Å². The third kappa shape index (κ3) is 14.0. The summed E-state index contributed by atoms with van der Waals surface area (Å²) in [5.74, 6) is 0. The molecule has 0 aliphatic heterocycles. The van der Waals surface area contributed by atoms with Gasteiger partial charge in [0.05, 0.1) is 6.92 Å². The molecule has 0 aromatic rings. The van der Waals surface area contributed by atoms with Crippen molar-refractivity contribution in [1.29, 1.82) is 0 Å². The van der Waals surface area contributed by atoms with Gasteiger partial charge in [0.15, 0.2) is 6.04 Å². The Morgan fingerprint density at radius 1 is 0.900 bits per heavy atom. The molecule has 0 spiro atoms. The molecule has 0 bridgehead atoms. The van der Waals surface area contributed by atoms with Crippen molar-refractivity contribution in [2.45, 2.75) is 96.1 Å². The quantitative estimate of drug-likeness (QED) is 0.274. The smallest absolute Gasteiger partial charge is 0.173 e. The zero-order chi connectivity index (χ0) is 15.1. The average molecular weight is 282 g/mol. The monoisotopic (exact) mass is 282 g/mol. The summed E-state index contributed by atoms with van der Waals surface area (Å²) in [6.07, 6.45) is 19.3. The van der Waals surface area contributed by atoms with Gasteiger partial charge in [-0.1, -0.05) is 83.3 Å². The van der Waals surface area contributed by atoms with Crippen LogP contribution in [0.25, 0.3) is 0 Å². The predicted octanol–water partition coefficient (Wildman–Crippen LogP) is 4.77. The summed E-state index contributed by atoms with van der Waals surface area (Å²) in [6.45, 7) is 5.86. The van der Waals surface area contributed by atoms with Crippen molar-refractivity contribution >= 4 is 0 Å². The van der Waals surface area contributed by atoms with E-state index in [2.05, 4.69) is 13.8 Å². The highest BCUT2D eigenvalue weighted by atomic mass is 16.3. The van der Waals surface area contributed by atoms with Gasteiger partial charge in [-0.2, -0.15) is 0 Å². The summed E-state index contributed by atoms with van der Waals surface area (Å²) in [6, 6.07) is -0.413. The molecule has 0 saturated heterocycles. The molecule has 0 rings (SSSR count). The van der Waals surface area contributed by atoms with E-state index in [0.29, 0.717) is 0 Å². The predicted molar refractivity (Wildman–Crippen MR) is 89.6 cm³/mol. The maximum Gasteiger partial charge on any atom is 0.173 e. The lowest BCUT2D eigenvalue weighted by Crippen LogP contribution is -2.29. The lowest BCUT2D eigenvalue weighted by atomic mass is 10.0. The Morgan fingerprint density at radius 3 is 1.80 bits per heavy atom. The van der Waals surface area contributed by atoms with E-state index in [-0.39, 0.29) is 0 Å². The minimum absolute atomic E-state index is 0.413. The van der Waals surface area contributed by atoms with E-state index < -0.39 is 12.1 Å².